The van der Waals surface area contributed by atoms with Crippen LogP contribution in [0, 0.1) is 0 Å². The van der Waals surface area contributed by atoms with E-state index in [4.69, 9.17) is 10.7 Å². The van der Waals surface area contributed by atoms with Gasteiger partial charge in [0.15, 0.2) is 5.82 Å². The van der Waals surface area contributed by atoms with Gasteiger partial charge in [-0.25, -0.2) is 4.98 Å². The molecule has 0 radical (unpaired) electrons. The minimum Gasteiger partial charge on any atom is -0.351 e. The molecule has 2 heterocycles. The van der Waals surface area contributed by atoms with Crippen molar-refractivity contribution in [2.24, 2.45) is 5.73 Å². The van der Waals surface area contributed by atoms with Crippen molar-refractivity contribution in [2.45, 2.75) is 26.4 Å². The van der Waals surface area contributed by atoms with Crippen molar-refractivity contribution in [1.82, 2.24) is 14.3 Å². The lowest BCUT2D eigenvalue weighted by molar-refractivity contribution is 0.372. The number of pyridine rings is 1. The fourth-order valence-corrected chi connectivity index (χ4v) is 2.75. The van der Waals surface area contributed by atoms with Crippen LogP contribution in [-0.2, 0) is 6.54 Å². The third-order valence-corrected chi connectivity index (χ3v) is 3.58. The van der Waals surface area contributed by atoms with Crippen LogP contribution in [0.2, 0.25) is 0 Å². The first-order chi connectivity index (χ1) is 9.58. The van der Waals surface area contributed by atoms with Gasteiger partial charge in [0.05, 0.1) is 5.69 Å². The SMILES string of the molecule is CCN(c1nc2ccccn2c1CN)C(C)CN(C)C. The van der Waals surface area contributed by atoms with Crippen LogP contribution in [-0.4, -0.2) is 47.5 Å². The topological polar surface area (TPSA) is 49.8 Å². The molecular weight excluding hydrogens is 250 g/mol. The summed E-state index contributed by atoms with van der Waals surface area (Å²) in [5, 5.41) is 0. The lowest BCUT2D eigenvalue weighted by Gasteiger charge is -2.31. The maximum Gasteiger partial charge on any atom is 0.152 e. The fourth-order valence-electron chi connectivity index (χ4n) is 2.75. The van der Waals surface area contributed by atoms with Gasteiger partial charge < -0.3 is 19.9 Å². The molecule has 0 saturated carbocycles. The molecule has 2 aromatic rings. The molecule has 0 aliphatic heterocycles. The van der Waals surface area contributed by atoms with Crippen molar-refractivity contribution in [3.8, 4) is 0 Å². The highest BCUT2D eigenvalue weighted by Gasteiger charge is 2.20. The molecule has 0 fully saturated rings. The van der Waals surface area contributed by atoms with Gasteiger partial charge in [-0.05, 0) is 40.1 Å². The molecule has 0 bridgehead atoms. The van der Waals surface area contributed by atoms with Gasteiger partial charge in [-0.3, -0.25) is 0 Å². The monoisotopic (exact) mass is 275 g/mol. The fraction of sp³-hybridized carbons (Fsp3) is 0.533. The van der Waals surface area contributed by atoms with Crippen molar-refractivity contribution in [3.05, 3.63) is 30.1 Å². The Balaban J connectivity index is 2.43. The molecule has 0 saturated heterocycles. The molecule has 110 valence electrons. The Labute approximate surface area is 121 Å². The average molecular weight is 275 g/mol. The predicted molar refractivity (Wildman–Crippen MR) is 84.1 cm³/mol. The second-order valence-electron chi connectivity index (χ2n) is 5.41. The van der Waals surface area contributed by atoms with Gasteiger partial charge in [0.25, 0.3) is 0 Å². The molecule has 5 nitrogen and oxygen atoms in total. The number of nitrogens with two attached hydrogens (primary N) is 1. The number of fused-ring (bicyclic) bond motifs is 1. The lowest BCUT2D eigenvalue weighted by atomic mass is 10.2. The molecule has 2 N–H and O–H groups in total. The van der Waals surface area contributed by atoms with Gasteiger partial charge in [-0.1, -0.05) is 6.07 Å². The minimum atomic E-state index is 0.394. The summed E-state index contributed by atoms with van der Waals surface area (Å²) in [5.41, 5.74) is 7.99. The maximum absolute atomic E-state index is 5.96. The molecule has 0 aliphatic rings. The maximum atomic E-state index is 5.96. The summed E-state index contributed by atoms with van der Waals surface area (Å²) >= 11 is 0. The van der Waals surface area contributed by atoms with E-state index in [2.05, 4.69) is 42.1 Å². The molecule has 0 amide bonds. The van der Waals surface area contributed by atoms with Crippen molar-refractivity contribution in [3.63, 3.8) is 0 Å². The second-order valence-corrected chi connectivity index (χ2v) is 5.41. The average Bonchev–Trinajstić information content (AvgIpc) is 2.76. The van der Waals surface area contributed by atoms with Crippen molar-refractivity contribution < 1.29 is 0 Å². The largest absolute Gasteiger partial charge is 0.351 e. The van der Waals surface area contributed by atoms with Crippen LogP contribution in [0.1, 0.15) is 19.5 Å². The lowest BCUT2D eigenvalue weighted by Crippen LogP contribution is -2.40. The van der Waals surface area contributed by atoms with Crippen LogP contribution in [0.4, 0.5) is 5.82 Å². The zero-order chi connectivity index (χ0) is 14.7. The van der Waals surface area contributed by atoms with E-state index in [9.17, 15) is 0 Å². The van der Waals surface area contributed by atoms with Crippen molar-refractivity contribution in [2.75, 3.05) is 32.1 Å². The van der Waals surface area contributed by atoms with E-state index in [-0.39, 0.29) is 0 Å². The summed E-state index contributed by atoms with van der Waals surface area (Å²) in [6, 6.07) is 6.43. The van der Waals surface area contributed by atoms with Crippen molar-refractivity contribution in [1.29, 1.82) is 0 Å². The van der Waals surface area contributed by atoms with E-state index in [0.29, 0.717) is 12.6 Å². The van der Waals surface area contributed by atoms with Gasteiger partial charge >= 0.3 is 0 Å². The Hall–Kier alpha value is -1.59. The summed E-state index contributed by atoms with van der Waals surface area (Å²) in [4.78, 5) is 9.30. The normalized spacial score (nSPS) is 13.1. The van der Waals surface area contributed by atoms with E-state index < -0.39 is 0 Å². The van der Waals surface area contributed by atoms with E-state index in [0.717, 1.165) is 30.2 Å². The molecule has 0 aliphatic carbocycles. The van der Waals surface area contributed by atoms with Crippen LogP contribution in [0.5, 0.6) is 0 Å². The van der Waals surface area contributed by atoms with Crippen LogP contribution in [0.15, 0.2) is 24.4 Å². The van der Waals surface area contributed by atoms with Crippen LogP contribution in [0.3, 0.4) is 0 Å². The first-order valence-corrected chi connectivity index (χ1v) is 7.15. The highest BCUT2D eigenvalue weighted by molar-refractivity contribution is 5.56. The molecule has 5 heteroatoms. The number of hydrogen-bond acceptors (Lipinski definition) is 4. The highest BCUT2D eigenvalue weighted by atomic mass is 15.3. The van der Waals surface area contributed by atoms with Gasteiger partial charge in [0.1, 0.15) is 5.65 Å². The van der Waals surface area contributed by atoms with Gasteiger partial charge in [0.2, 0.25) is 0 Å². The number of anilines is 1. The molecular formula is C15H25N5. The highest BCUT2D eigenvalue weighted by Crippen LogP contribution is 2.23. The van der Waals surface area contributed by atoms with Gasteiger partial charge in [0, 0.05) is 31.9 Å². The van der Waals surface area contributed by atoms with E-state index in [1.165, 1.54) is 0 Å². The third kappa shape index (κ3) is 2.78. The predicted octanol–water partition coefficient (Wildman–Crippen LogP) is 1.57. The molecule has 20 heavy (non-hydrogen) atoms. The van der Waals surface area contributed by atoms with Crippen LogP contribution < -0.4 is 10.6 Å². The third-order valence-electron chi connectivity index (χ3n) is 3.58. The zero-order valence-electron chi connectivity index (χ0n) is 12.9. The first-order valence-electron chi connectivity index (χ1n) is 7.15. The Morgan fingerprint density at radius 3 is 2.70 bits per heavy atom. The zero-order valence-corrected chi connectivity index (χ0v) is 12.9. The Bertz CT molecular complexity index is 560. The summed E-state index contributed by atoms with van der Waals surface area (Å²) in [6.45, 7) is 6.80. The molecule has 0 aromatic carbocycles. The smallest absolute Gasteiger partial charge is 0.152 e. The summed E-state index contributed by atoms with van der Waals surface area (Å²) < 4.78 is 2.08. The van der Waals surface area contributed by atoms with E-state index in [1.807, 2.05) is 24.4 Å². The summed E-state index contributed by atoms with van der Waals surface area (Å²) in [5.74, 6) is 1.01. The Kier molecular flexibility index (Phi) is 4.62. The first kappa shape index (κ1) is 14.8. The number of aromatic nitrogens is 2. The molecule has 2 rings (SSSR count). The summed E-state index contributed by atoms with van der Waals surface area (Å²) in [6.07, 6.45) is 2.03. The number of hydrogen-bond donors (Lipinski definition) is 1. The molecule has 1 unspecified atom stereocenters. The minimum absolute atomic E-state index is 0.394. The Morgan fingerprint density at radius 1 is 1.35 bits per heavy atom. The van der Waals surface area contributed by atoms with E-state index in [1.54, 1.807) is 0 Å². The van der Waals surface area contributed by atoms with Gasteiger partial charge in [-0.2, -0.15) is 0 Å². The molecule has 1 atom stereocenters. The molecule has 0 spiro atoms. The number of likely N-dealkylation sites (N-methyl/N-ethyl adjacent to an activating group) is 2. The van der Waals surface area contributed by atoms with Crippen LogP contribution in [0.25, 0.3) is 5.65 Å². The van der Waals surface area contributed by atoms with Crippen LogP contribution >= 0.6 is 0 Å². The number of rotatable bonds is 6. The van der Waals surface area contributed by atoms with E-state index >= 15 is 0 Å². The standard InChI is InChI=1S/C15H25N5/c1-5-19(12(2)11-18(3)4)15-13(10-16)20-9-7-6-8-14(20)17-15/h6-9,12H,5,10-11,16H2,1-4H3. The Morgan fingerprint density at radius 2 is 2.10 bits per heavy atom. The van der Waals surface area contributed by atoms with Crippen molar-refractivity contribution >= 4 is 11.5 Å². The number of nitrogens with zero attached hydrogens (tertiary/aromatic N) is 4. The second kappa shape index (κ2) is 6.24. The molecule has 2 aromatic heterocycles. The summed E-state index contributed by atoms with van der Waals surface area (Å²) in [7, 11) is 4.19. The number of imidazole rings is 1. The quantitative estimate of drug-likeness (QED) is 0.869. The van der Waals surface area contributed by atoms with Gasteiger partial charge in [-0.15, -0.1) is 0 Å².